The van der Waals surface area contributed by atoms with Crippen molar-refractivity contribution in [1.82, 2.24) is 0 Å². The predicted octanol–water partition coefficient (Wildman–Crippen LogP) is 7.17. The van der Waals surface area contributed by atoms with Crippen molar-refractivity contribution in [3.63, 3.8) is 0 Å². The van der Waals surface area contributed by atoms with E-state index in [1.165, 1.54) is 29.9 Å². The van der Waals surface area contributed by atoms with Crippen molar-refractivity contribution in [3.05, 3.63) is 137 Å². The number of fused-ring (bicyclic) bond motifs is 4. The molecule has 0 bridgehead atoms. The van der Waals surface area contributed by atoms with Crippen LogP contribution < -0.4 is 14.5 Å². The van der Waals surface area contributed by atoms with Gasteiger partial charge in [0.05, 0.1) is 41.7 Å². The number of methoxy groups -OCH3 is 1. The van der Waals surface area contributed by atoms with Gasteiger partial charge >= 0.3 is 0 Å². The molecule has 1 N–H and O–H groups in total. The van der Waals surface area contributed by atoms with Crippen LogP contribution in [0, 0.1) is 29.6 Å². The van der Waals surface area contributed by atoms with E-state index in [0.717, 1.165) is 5.57 Å². The van der Waals surface area contributed by atoms with Crippen LogP contribution in [0.3, 0.4) is 0 Å². The van der Waals surface area contributed by atoms with E-state index in [2.05, 4.69) is 0 Å². The smallest absolute Gasteiger partial charge is 0.246 e. The third kappa shape index (κ3) is 5.24. The van der Waals surface area contributed by atoms with E-state index in [9.17, 15) is 24.3 Å². The standard InChI is InChI=1S/C43H35ClN2O7/c1-24(47)26-13-15-29(16-14-26)45-39(49)32-18-17-31-33(38(32)41(45)51)23-35-40(50)46(30-10-6-9-28(44)22-30)42(52)43(35,27-7-4-3-5-8-27)34(31)19-11-25-12-20-36(48)37(21-25)53-2/h3-17,19-22,32-35,38,48H,18,23H2,1-2H3/t32-,33+,34-,35-,38-,43-/m0/s1. The van der Waals surface area contributed by atoms with E-state index in [4.69, 9.17) is 16.3 Å². The number of carbonyl (C=O) groups excluding carboxylic acids is 5. The van der Waals surface area contributed by atoms with E-state index < -0.39 is 46.8 Å². The molecule has 2 aliphatic heterocycles. The van der Waals surface area contributed by atoms with Crippen LogP contribution in [0.2, 0.25) is 5.02 Å². The number of amides is 4. The first kappa shape index (κ1) is 34.3. The Morgan fingerprint density at radius 2 is 1.60 bits per heavy atom. The Kier molecular flexibility index (Phi) is 8.41. The van der Waals surface area contributed by atoms with E-state index in [1.54, 1.807) is 60.7 Å². The molecule has 4 amide bonds. The maximum atomic E-state index is 15.3. The second-order valence-corrected chi connectivity index (χ2v) is 14.5. The Morgan fingerprint density at radius 1 is 0.849 bits per heavy atom. The van der Waals surface area contributed by atoms with Gasteiger partial charge in [0.15, 0.2) is 17.3 Å². The van der Waals surface area contributed by atoms with Crippen molar-refractivity contribution < 1.29 is 33.8 Å². The van der Waals surface area contributed by atoms with Gasteiger partial charge in [-0.2, -0.15) is 0 Å². The molecule has 8 rings (SSSR count). The number of halogens is 1. The van der Waals surface area contributed by atoms with Crippen molar-refractivity contribution >= 4 is 58.5 Å². The Balaban J connectivity index is 1.30. The average Bonchev–Trinajstić information content (AvgIpc) is 3.55. The molecule has 1 saturated carbocycles. The summed E-state index contributed by atoms with van der Waals surface area (Å²) < 4.78 is 5.36. The van der Waals surface area contributed by atoms with Crippen LogP contribution in [0.15, 0.2) is 115 Å². The topological polar surface area (TPSA) is 121 Å². The molecule has 0 aromatic heterocycles. The minimum Gasteiger partial charge on any atom is -0.504 e. The molecule has 3 fully saturated rings. The number of phenolic OH excluding ortho intramolecular Hbond substituents is 1. The number of ether oxygens (including phenoxy) is 1. The Morgan fingerprint density at radius 3 is 2.30 bits per heavy atom. The molecule has 2 aliphatic carbocycles. The van der Waals surface area contributed by atoms with Gasteiger partial charge in [0.25, 0.3) is 0 Å². The maximum absolute atomic E-state index is 15.3. The molecule has 6 atom stereocenters. The lowest BCUT2D eigenvalue weighted by atomic mass is 9.50. The fourth-order valence-electron chi connectivity index (χ4n) is 9.09. The first-order chi connectivity index (χ1) is 25.6. The normalized spacial score (nSPS) is 26.4. The summed E-state index contributed by atoms with van der Waals surface area (Å²) in [6, 6.07) is 27.3. The van der Waals surface area contributed by atoms with E-state index in [-0.39, 0.29) is 41.9 Å². The third-order valence-corrected chi connectivity index (χ3v) is 11.7. The molecule has 2 saturated heterocycles. The van der Waals surface area contributed by atoms with E-state index >= 15 is 4.79 Å². The number of benzene rings is 4. The molecule has 4 aromatic carbocycles. The number of rotatable bonds is 7. The Labute approximate surface area is 311 Å². The van der Waals surface area contributed by atoms with Crippen LogP contribution in [-0.4, -0.2) is 41.6 Å². The summed E-state index contributed by atoms with van der Waals surface area (Å²) in [5.74, 6) is -4.94. The lowest BCUT2D eigenvalue weighted by Gasteiger charge is -2.49. The van der Waals surface area contributed by atoms with Crippen molar-refractivity contribution in [2.75, 3.05) is 16.9 Å². The number of allylic oxidation sites excluding steroid dienone is 3. The summed E-state index contributed by atoms with van der Waals surface area (Å²) >= 11 is 6.40. The zero-order valence-electron chi connectivity index (χ0n) is 28.9. The van der Waals surface area contributed by atoms with E-state index in [0.29, 0.717) is 33.1 Å². The molecule has 0 spiro atoms. The molecule has 53 heavy (non-hydrogen) atoms. The first-order valence-electron chi connectivity index (χ1n) is 17.5. The van der Waals surface area contributed by atoms with Gasteiger partial charge in [-0.25, -0.2) is 4.90 Å². The van der Waals surface area contributed by atoms with Crippen LogP contribution in [-0.2, 0) is 24.6 Å². The maximum Gasteiger partial charge on any atom is 0.246 e. The average molecular weight is 727 g/mol. The van der Waals surface area contributed by atoms with Crippen LogP contribution in [0.1, 0.15) is 41.3 Å². The minimum absolute atomic E-state index is 0.0251. The van der Waals surface area contributed by atoms with Crippen LogP contribution >= 0.6 is 11.6 Å². The number of ketones is 1. The lowest BCUT2D eigenvalue weighted by molar-refractivity contribution is -0.128. The van der Waals surface area contributed by atoms with Crippen molar-refractivity contribution in [2.45, 2.75) is 25.2 Å². The summed E-state index contributed by atoms with van der Waals surface area (Å²) in [6.45, 7) is 1.45. The zero-order chi connectivity index (χ0) is 37.2. The van der Waals surface area contributed by atoms with Gasteiger partial charge in [0.2, 0.25) is 23.6 Å². The quantitative estimate of drug-likeness (QED) is 0.122. The molecule has 0 radical (unpaired) electrons. The van der Waals surface area contributed by atoms with Crippen molar-refractivity contribution in [1.29, 1.82) is 0 Å². The molecular formula is C43H35ClN2O7. The largest absolute Gasteiger partial charge is 0.504 e. The zero-order valence-corrected chi connectivity index (χ0v) is 29.7. The first-order valence-corrected chi connectivity index (χ1v) is 17.9. The molecule has 4 aromatic rings. The van der Waals surface area contributed by atoms with Crippen molar-refractivity contribution in [2.24, 2.45) is 29.6 Å². The molecule has 10 heteroatoms. The number of aromatic hydroxyl groups is 1. The van der Waals surface area contributed by atoms with E-state index in [1.807, 2.05) is 48.6 Å². The summed E-state index contributed by atoms with van der Waals surface area (Å²) in [5.41, 5.74) is 1.96. The van der Waals surface area contributed by atoms with Crippen LogP contribution in [0.25, 0.3) is 6.08 Å². The fraction of sp³-hybridized carbons (Fsp3) is 0.233. The number of phenols is 1. The van der Waals surface area contributed by atoms with Gasteiger partial charge in [0, 0.05) is 16.5 Å². The van der Waals surface area contributed by atoms with Gasteiger partial charge < -0.3 is 9.84 Å². The molecule has 9 nitrogen and oxygen atoms in total. The highest BCUT2D eigenvalue weighted by molar-refractivity contribution is 6.32. The molecule has 2 heterocycles. The SMILES string of the molecule is COc1cc(C=C[C@H]2C3=CC[C@@H]4C(=O)N(c5ccc(C(C)=O)cc5)C(=O)[C@@H]4[C@@H]3C[C@H]3C(=O)N(c4cccc(Cl)c4)C(=O)[C@@]23c2ccccc2)ccc1O. The van der Waals surface area contributed by atoms with Gasteiger partial charge in [0.1, 0.15) is 0 Å². The predicted molar refractivity (Wildman–Crippen MR) is 199 cm³/mol. The number of imide groups is 2. The monoisotopic (exact) mass is 726 g/mol. The van der Waals surface area contributed by atoms with Crippen molar-refractivity contribution in [3.8, 4) is 11.5 Å². The molecular weight excluding hydrogens is 692 g/mol. The number of anilines is 2. The molecule has 266 valence electrons. The summed E-state index contributed by atoms with van der Waals surface area (Å²) in [4.78, 5) is 73.1. The van der Waals surface area contributed by atoms with Gasteiger partial charge in [-0.05, 0) is 91.4 Å². The number of nitrogens with zero attached hydrogens (tertiary/aromatic N) is 2. The van der Waals surface area contributed by atoms with Gasteiger partial charge in [-0.1, -0.05) is 77.9 Å². The lowest BCUT2D eigenvalue weighted by Crippen LogP contribution is -2.54. The van der Waals surface area contributed by atoms with Gasteiger partial charge in [-0.15, -0.1) is 0 Å². The second kappa shape index (κ2) is 13.0. The summed E-state index contributed by atoms with van der Waals surface area (Å²) in [6.07, 6.45) is 6.18. The minimum atomic E-state index is -1.40. The second-order valence-electron chi connectivity index (χ2n) is 14.0. The molecule has 4 aliphatic rings. The number of hydrogen-bond donors (Lipinski definition) is 1. The highest BCUT2D eigenvalue weighted by Gasteiger charge is 2.69. The Bertz CT molecular complexity index is 2270. The number of hydrogen-bond acceptors (Lipinski definition) is 7. The van der Waals surface area contributed by atoms with Crippen LogP contribution in [0.5, 0.6) is 11.5 Å². The number of carbonyl (C=O) groups is 5. The number of Topliss-reactive ketones (excluding diaryl/α,β-unsaturated/α-hetero) is 1. The highest BCUT2D eigenvalue weighted by Crippen LogP contribution is 2.62. The Hall–Kier alpha value is -5.80. The fourth-order valence-corrected chi connectivity index (χ4v) is 9.28. The summed E-state index contributed by atoms with van der Waals surface area (Å²) in [7, 11) is 1.46. The molecule has 0 unspecified atom stereocenters. The highest BCUT2D eigenvalue weighted by atomic mass is 35.5. The third-order valence-electron chi connectivity index (χ3n) is 11.4. The van der Waals surface area contributed by atoms with Crippen LogP contribution in [0.4, 0.5) is 11.4 Å². The van der Waals surface area contributed by atoms with Gasteiger partial charge in [-0.3, -0.25) is 28.9 Å². The summed E-state index contributed by atoms with van der Waals surface area (Å²) in [5, 5.41) is 10.7.